The maximum absolute atomic E-state index is 6.51. The molecule has 1 heterocycles. The minimum absolute atomic E-state index is 0.0262. The third-order valence-electron chi connectivity index (χ3n) is 13.4. The van der Waals surface area contributed by atoms with Crippen molar-refractivity contribution in [3.63, 3.8) is 0 Å². The molecule has 0 bridgehead atoms. The molecule has 0 spiro atoms. The van der Waals surface area contributed by atoms with Crippen LogP contribution >= 0.6 is 0 Å². The van der Waals surface area contributed by atoms with E-state index in [1.54, 1.807) is 0 Å². The Kier molecular flexibility index (Phi) is 7.75. The topological polar surface area (TPSA) is 16.4 Å². The van der Waals surface area contributed by atoms with Gasteiger partial charge in [-0.05, 0) is 126 Å². The van der Waals surface area contributed by atoms with Gasteiger partial charge in [-0.1, -0.05) is 160 Å². The molecule has 7 aromatic carbocycles. The molecule has 1 aromatic heterocycles. The number of nitrogens with zero attached hydrogens (tertiary/aromatic N) is 1. The van der Waals surface area contributed by atoms with Crippen molar-refractivity contribution in [3.8, 4) is 33.4 Å². The Hall–Kier alpha value is -5.86. The van der Waals surface area contributed by atoms with Gasteiger partial charge in [-0.15, -0.1) is 0 Å². The molecule has 2 aliphatic rings. The number of hydrogen-bond donors (Lipinski definition) is 0. The van der Waals surface area contributed by atoms with E-state index in [0.717, 1.165) is 39.0 Å². The number of furan rings is 1. The number of anilines is 3. The summed E-state index contributed by atoms with van der Waals surface area (Å²) in [5.74, 6) is 0. The molecular weight excluding hydrogens is 703 g/mol. The van der Waals surface area contributed by atoms with Crippen LogP contribution in [0, 0.1) is 0 Å². The monoisotopic (exact) mass is 755 g/mol. The molecule has 2 heteroatoms. The molecule has 2 aliphatic carbocycles. The first-order valence-electron chi connectivity index (χ1n) is 20.9. The van der Waals surface area contributed by atoms with Crippen molar-refractivity contribution < 1.29 is 4.42 Å². The van der Waals surface area contributed by atoms with Crippen LogP contribution in [0.2, 0.25) is 0 Å². The zero-order valence-electron chi connectivity index (χ0n) is 35.6. The van der Waals surface area contributed by atoms with E-state index in [1.807, 2.05) is 0 Å². The highest BCUT2D eigenvalue weighted by Crippen LogP contribution is 2.56. The molecule has 0 amide bonds. The van der Waals surface area contributed by atoms with E-state index < -0.39 is 0 Å². The van der Waals surface area contributed by atoms with Crippen LogP contribution in [-0.4, -0.2) is 0 Å². The van der Waals surface area contributed by atoms with Gasteiger partial charge in [0.15, 0.2) is 0 Å². The van der Waals surface area contributed by atoms with E-state index in [1.165, 1.54) is 66.8 Å². The number of rotatable bonds is 4. The Morgan fingerprint density at radius 3 is 1.86 bits per heavy atom. The minimum atomic E-state index is -0.141. The van der Waals surface area contributed by atoms with Gasteiger partial charge in [-0.2, -0.15) is 0 Å². The molecule has 0 fully saturated rings. The Morgan fingerprint density at radius 1 is 0.448 bits per heavy atom. The van der Waals surface area contributed by atoms with Gasteiger partial charge in [0.1, 0.15) is 11.2 Å². The third kappa shape index (κ3) is 5.37. The van der Waals surface area contributed by atoms with Crippen LogP contribution in [0.3, 0.4) is 0 Å². The molecule has 2 nitrogen and oxygen atoms in total. The first-order valence-corrected chi connectivity index (χ1v) is 20.9. The standard InChI is InChI=1S/C56H53NO/c1-53(2,3)35-25-27-41-45(31-35)56(9,10)47-32-36(54(4,5)6)30-43(51(41)47)34-17-15-18-37(29-34)57(48-22-16-24-50-52(48)42-20-12-14-23-49(42)58-50)38-26-28-40-39-19-11-13-21-44(39)55(7,8)46(40)33-38/h11-33H,1-10H3. The summed E-state index contributed by atoms with van der Waals surface area (Å²) in [6, 6.07) is 52.4. The molecule has 288 valence electrons. The van der Waals surface area contributed by atoms with Crippen LogP contribution in [0.15, 0.2) is 144 Å². The summed E-state index contributed by atoms with van der Waals surface area (Å²) in [6.07, 6.45) is 0. The fraction of sp³-hybridized carbons (Fsp3) is 0.250. The van der Waals surface area contributed by atoms with Gasteiger partial charge in [-0.25, -0.2) is 0 Å². The van der Waals surface area contributed by atoms with Gasteiger partial charge >= 0.3 is 0 Å². The van der Waals surface area contributed by atoms with Crippen LogP contribution in [0.4, 0.5) is 17.1 Å². The summed E-state index contributed by atoms with van der Waals surface area (Å²) in [4.78, 5) is 2.47. The molecule has 0 saturated carbocycles. The Balaban J connectivity index is 1.23. The van der Waals surface area contributed by atoms with Crippen LogP contribution in [0.1, 0.15) is 103 Å². The van der Waals surface area contributed by atoms with Crippen LogP contribution in [-0.2, 0) is 21.7 Å². The van der Waals surface area contributed by atoms with Crippen LogP contribution < -0.4 is 4.90 Å². The maximum atomic E-state index is 6.51. The summed E-state index contributed by atoms with van der Waals surface area (Å²) in [5, 5.41) is 2.24. The maximum Gasteiger partial charge on any atom is 0.137 e. The summed E-state index contributed by atoms with van der Waals surface area (Å²) in [7, 11) is 0. The Labute approximate surface area is 344 Å². The van der Waals surface area contributed by atoms with E-state index in [9.17, 15) is 0 Å². The molecule has 0 saturated heterocycles. The average molecular weight is 756 g/mol. The summed E-state index contributed by atoms with van der Waals surface area (Å²) in [5.41, 5.74) is 21.0. The van der Waals surface area contributed by atoms with E-state index in [2.05, 4.69) is 214 Å². The predicted octanol–water partition coefficient (Wildman–Crippen LogP) is 15.9. The molecule has 0 N–H and O–H groups in total. The second-order valence-electron chi connectivity index (χ2n) is 19.9. The highest BCUT2D eigenvalue weighted by molar-refractivity contribution is 6.13. The van der Waals surface area contributed by atoms with Crippen molar-refractivity contribution in [2.45, 2.75) is 90.9 Å². The number of benzene rings is 7. The minimum Gasteiger partial charge on any atom is -0.456 e. The number of fused-ring (bicyclic) bond motifs is 9. The van der Waals surface area contributed by atoms with Gasteiger partial charge in [-0.3, -0.25) is 0 Å². The predicted molar refractivity (Wildman–Crippen MR) is 246 cm³/mol. The summed E-state index contributed by atoms with van der Waals surface area (Å²) >= 11 is 0. The fourth-order valence-corrected chi connectivity index (χ4v) is 9.99. The van der Waals surface area contributed by atoms with E-state index in [-0.39, 0.29) is 21.7 Å². The van der Waals surface area contributed by atoms with E-state index in [0.29, 0.717) is 0 Å². The normalized spacial score (nSPS) is 15.0. The average Bonchev–Trinajstić information content (AvgIpc) is 3.77. The Bertz CT molecular complexity index is 2970. The zero-order chi connectivity index (χ0) is 40.5. The van der Waals surface area contributed by atoms with Crippen LogP contribution in [0.25, 0.3) is 55.3 Å². The quantitative estimate of drug-likeness (QED) is 0.178. The van der Waals surface area contributed by atoms with Crippen LogP contribution in [0.5, 0.6) is 0 Å². The molecule has 0 radical (unpaired) electrons. The van der Waals surface area contributed by atoms with Gasteiger partial charge in [0.05, 0.1) is 11.1 Å². The van der Waals surface area contributed by atoms with Gasteiger partial charge in [0.2, 0.25) is 0 Å². The highest BCUT2D eigenvalue weighted by Gasteiger charge is 2.40. The summed E-state index contributed by atoms with van der Waals surface area (Å²) in [6.45, 7) is 23.5. The lowest BCUT2D eigenvalue weighted by Crippen LogP contribution is -2.19. The SMILES string of the molecule is CC(C)(C)c1ccc2c(c1)C(C)(C)c1cc(C(C)(C)C)cc(-c3cccc(N(c4ccc5c(c4)C(C)(C)c4ccccc4-5)c4cccc5oc6ccccc6c45)c3)c1-2. The first kappa shape index (κ1) is 36.5. The zero-order valence-corrected chi connectivity index (χ0v) is 35.6. The first-order chi connectivity index (χ1) is 27.5. The molecule has 10 rings (SSSR count). The second-order valence-corrected chi connectivity index (χ2v) is 19.9. The molecule has 0 atom stereocenters. The van der Waals surface area contributed by atoms with E-state index in [4.69, 9.17) is 4.42 Å². The second kappa shape index (κ2) is 12.3. The lowest BCUT2D eigenvalue weighted by Gasteiger charge is -2.29. The smallest absolute Gasteiger partial charge is 0.137 e. The van der Waals surface area contributed by atoms with Crippen molar-refractivity contribution in [1.82, 2.24) is 0 Å². The van der Waals surface area contributed by atoms with Gasteiger partial charge < -0.3 is 9.32 Å². The largest absolute Gasteiger partial charge is 0.456 e. The molecular formula is C56H53NO. The summed E-state index contributed by atoms with van der Waals surface area (Å²) < 4.78 is 6.51. The number of hydrogen-bond acceptors (Lipinski definition) is 2. The third-order valence-corrected chi connectivity index (χ3v) is 13.4. The lowest BCUT2D eigenvalue weighted by molar-refractivity contribution is 0.580. The fourth-order valence-electron chi connectivity index (χ4n) is 9.99. The highest BCUT2D eigenvalue weighted by atomic mass is 16.3. The van der Waals surface area contributed by atoms with Crippen molar-refractivity contribution in [2.24, 2.45) is 0 Å². The van der Waals surface area contributed by atoms with Crippen molar-refractivity contribution >= 4 is 39.0 Å². The van der Waals surface area contributed by atoms with Crippen molar-refractivity contribution in [1.29, 1.82) is 0 Å². The lowest BCUT2D eigenvalue weighted by atomic mass is 9.76. The van der Waals surface area contributed by atoms with E-state index >= 15 is 0 Å². The molecule has 0 unspecified atom stereocenters. The van der Waals surface area contributed by atoms with Crippen molar-refractivity contribution in [3.05, 3.63) is 173 Å². The van der Waals surface area contributed by atoms with Gasteiger partial charge in [0, 0.05) is 27.6 Å². The molecule has 0 aliphatic heterocycles. The number of para-hydroxylation sites is 1. The molecule has 58 heavy (non-hydrogen) atoms. The Morgan fingerprint density at radius 2 is 1.07 bits per heavy atom. The van der Waals surface area contributed by atoms with Gasteiger partial charge in [0.25, 0.3) is 0 Å². The van der Waals surface area contributed by atoms with Crippen molar-refractivity contribution in [2.75, 3.05) is 4.90 Å². The molecule has 8 aromatic rings.